The van der Waals surface area contributed by atoms with Gasteiger partial charge in [-0.2, -0.15) is 0 Å². The standard InChI is InChI=1S/C13H15ClFN/c1-2-3-4-7-11(16)9-10-6-5-8-12(14)13(10)15/h1,5-6,8,11H,3-4,7,9,16H2. The molecular weight excluding hydrogens is 225 g/mol. The maximum Gasteiger partial charge on any atom is 0.145 e. The molecule has 0 bridgehead atoms. The Kier molecular flexibility index (Phi) is 5.31. The molecule has 0 radical (unpaired) electrons. The Morgan fingerprint density at radius 2 is 2.25 bits per heavy atom. The lowest BCUT2D eigenvalue weighted by molar-refractivity contribution is 0.555. The summed E-state index contributed by atoms with van der Waals surface area (Å²) in [7, 11) is 0. The number of hydrogen-bond acceptors (Lipinski definition) is 1. The van der Waals surface area contributed by atoms with Crippen LogP contribution < -0.4 is 5.73 Å². The van der Waals surface area contributed by atoms with Gasteiger partial charge in [0.15, 0.2) is 0 Å². The van der Waals surface area contributed by atoms with Gasteiger partial charge in [0.25, 0.3) is 0 Å². The minimum absolute atomic E-state index is 0.0682. The average molecular weight is 240 g/mol. The van der Waals surface area contributed by atoms with Crippen molar-refractivity contribution < 1.29 is 4.39 Å². The number of rotatable bonds is 5. The quantitative estimate of drug-likeness (QED) is 0.620. The molecule has 0 fully saturated rings. The van der Waals surface area contributed by atoms with Crippen molar-refractivity contribution in [2.45, 2.75) is 31.7 Å². The second kappa shape index (κ2) is 6.52. The van der Waals surface area contributed by atoms with Gasteiger partial charge in [-0.25, -0.2) is 4.39 Å². The zero-order valence-electron chi connectivity index (χ0n) is 9.05. The van der Waals surface area contributed by atoms with Crippen LogP contribution in [0, 0.1) is 18.2 Å². The molecule has 3 heteroatoms. The van der Waals surface area contributed by atoms with E-state index in [-0.39, 0.29) is 16.9 Å². The number of hydrogen-bond donors (Lipinski definition) is 1. The maximum absolute atomic E-state index is 13.5. The lowest BCUT2D eigenvalue weighted by Crippen LogP contribution is -2.23. The van der Waals surface area contributed by atoms with E-state index in [1.54, 1.807) is 12.1 Å². The van der Waals surface area contributed by atoms with Crippen molar-refractivity contribution in [3.8, 4) is 12.3 Å². The summed E-state index contributed by atoms with van der Waals surface area (Å²) in [4.78, 5) is 0. The van der Waals surface area contributed by atoms with Gasteiger partial charge in [0.1, 0.15) is 5.82 Å². The van der Waals surface area contributed by atoms with Gasteiger partial charge in [-0.3, -0.25) is 0 Å². The summed E-state index contributed by atoms with van der Waals surface area (Å²) in [5.41, 5.74) is 6.46. The molecule has 1 atom stereocenters. The van der Waals surface area contributed by atoms with Crippen LogP contribution in [0.4, 0.5) is 4.39 Å². The molecule has 0 saturated heterocycles. The molecule has 0 aliphatic carbocycles. The topological polar surface area (TPSA) is 26.0 Å². The van der Waals surface area contributed by atoms with Crippen molar-refractivity contribution in [1.82, 2.24) is 0 Å². The predicted octanol–water partition coefficient (Wildman–Crippen LogP) is 3.15. The first-order chi connectivity index (χ1) is 7.65. The van der Waals surface area contributed by atoms with Crippen molar-refractivity contribution >= 4 is 11.6 Å². The first-order valence-electron chi connectivity index (χ1n) is 5.27. The summed E-state index contributed by atoms with van der Waals surface area (Å²) in [6.07, 6.45) is 8.03. The van der Waals surface area contributed by atoms with Crippen LogP contribution in [0.1, 0.15) is 24.8 Å². The fraction of sp³-hybridized carbons (Fsp3) is 0.385. The zero-order chi connectivity index (χ0) is 12.0. The van der Waals surface area contributed by atoms with Crippen molar-refractivity contribution in [2.75, 3.05) is 0 Å². The molecular formula is C13H15ClFN. The monoisotopic (exact) mass is 239 g/mol. The first kappa shape index (κ1) is 13.0. The van der Waals surface area contributed by atoms with E-state index in [2.05, 4.69) is 5.92 Å². The molecule has 1 aromatic carbocycles. The van der Waals surface area contributed by atoms with Crippen LogP contribution in [-0.4, -0.2) is 6.04 Å². The van der Waals surface area contributed by atoms with Gasteiger partial charge in [-0.15, -0.1) is 12.3 Å². The molecule has 1 rings (SSSR count). The summed E-state index contributed by atoms with van der Waals surface area (Å²) in [6, 6.07) is 4.91. The fourth-order valence-electron chi connectivity index (χ4n) is 1.56. The fourth-order valence-corrected chi connectivity index (χ4v) is 1.75. The molecule has 0 saturated carbocycles. The molecule has 86 valence electrons. The van der Waals surface area contributed by atoms with E-state index >= 15 is 0 Å². The van der Waals surface area contributed by atoms with E-state index in [1.165, 1.54) is 6.07 Å². The lowest BCUT2D eigenvalue weighted by atomic mass is 10.0. The third-order valence-electron chi connectivity index (χ3n) is 2.41. The van der Waals surface area contributed by atoms with Crippen LogP contribution in [0.2, 0.25) is 5.02 Å². The Bertz CT molecular complexity index is 384. The molecule has 1 aromatic rings. The van der Waals surface area contributed by atoms with Crippen molar-refractivity contribution in [1.29, 1.82) is 0 Å². The van der Waals surface area contributed by atoms with E-state index in [1.807, 2.05) is 0 Å². The van der Waals surface area contributed by atoms with Crippen LogP contribution in [0.5, 0.6) is 0 Å². The molecule has 0 aliphatic heterocycles. The predicted molar refractivity (Wildman–Crippen MR) is 65.8 cm³/mol. The van der Waals surface area contributed by atoms with Crippen molar-refractivity contribution in [2.24, 2.45) is 5.73 Å². The second-order valence-corrected chi connectivity index (χ2v) is 4.18. The maximum atomic E-state index is 13.5. The minimum Gasteiger partial charge on any atom is -0.327 e. The largest absolute Gasteiger partial charge is 0.327 e. The van der Waals surface area contributed by atoms with Gasteiger partial charge in [0, 0.05) is 12.5 Å². The first-order valence-corrected chi connectivity index (χ1v) is 5.65. The van der Waals surface area contributed by atoms with E-state index in [0.29, 0.717) is 18.4 Å². The SMILES string of the molecule is C#CCCCC(N)Cc1cccc(Cl)c1F. The molecule has 0 heterocycles. The summed E-state index contributed by atoms with van der Waals surface area (Å²) in [5.74, 6) is 2.19. The van der Waals surface area contributed by atoms with Crippen LogP contribution in [-0.2, 0) is 6.42 Å². The van der Waals surface area contributed by atoms with Crippen LogP contribution in [0.15, 0.2) is 18.2 Å². The van der Waals surface area contributed by atoms with E-state index in [0.717, 1.165) is 12.8 Å². The molecule has 0 aliphatic rings. The number of nitrogens with two attached hydrogens (primary N) is 1. The van der Waals surface area contributed by atoms with Crippen LogP contribution in [0.3, 0.4) is 0 Å². The highest BCUT2D eigenvalue weighted by molar-refractivity contribution is 6.30. The molecule has 2 N–H and O–H groups in total. The Labute approximate surface area is 101 Å². The van der Waals surface area contributed by atoms with Crippen LogP contribution >= 0.6 is 11.6 Å². The van der Waals surface area contributed by atoms with Gasteiger partial charge in [-0.05, 0) is 30.9 Å². The molecule has 1 unspecified atom stereocenters. The second-order valence-electron chi connectivity index (χ2n) is 3.77. The number of benzene rings is 1. The summed E-state index contributed by atoms with van der Waals surface area (Å²) in [5, 5.41) is 0.147. The smallest absolute Gasteiger partial charge is 0.145 e. The number of unbranched alkanes of at least 4 members (excludes halogenated alkanes) is 1. The molecule has 0 aromatic heterocycles. The lowest BCUT2D eigenvalue weighted by Gasteiger charge is -2.11. The Morgan fingerprint density at radius 3 is 2.94 bits per heavy atom. The Morgan fingerprint density at radius 1 is 1.50 bits per heavy atom. The molecule has 0 spiro atoms. The molecule has 0 amide bonds. The molecule has 16 heavy (non-hydrogen) atoms. The van der Waals surface area contributed by atoms with Gasteiger partial charge < -0.3 is 5.73 Å². The van der Waals surface area contributed by atoms with E-state index < -0.39 is 0 Å². The van der Waals surface area contributed by atoms with Gasteiger partial charge >= 0.3 is 0 Å². The highest BCUT2D eigenvalue weighted by Gasteiger charge is 2.10. The van der Waals surface area contributed by atoms with Crippen molar-refractivity contribution in [3.05, 3.63) is 34.6 Å². The average Bonchev–Trinajstić information content (AvgIpc) is 2.25. The molecule has 1 nitrogen and oxygen atoms in total. The Balaban J connectivity index is 2.53. The van der Waals surface area contributed by atoms with Gasteiger partial charge in [-0.1, -0.05) is 23.7 Å². The third-order valence-corrected chi connectivity index (χ3v) is 2.70. The normalized spacial score (nSPS) is 12.1. The van der Waals surface area contributed by atoms with Gasteiger partial charge in [0.05, 0.1) is 5.02 Å². The summed E-state index contributed by atoms with van der Waals surface area (Å²) in [6.45, 7) is 0. The summed E-state index contributed by atoms with van der Waals surface area (Å²) >= 11 is 5.68. The van der Waals surface area contributed by atoms with Crippen LogP contribution in [0.25, 0.3) is 0 Å². The number of terminal acetylenes is 1. The minimum atomic E-state index is -0.364. The van der Waals surface area contributed by atoms with E-state index in [9.17, 15) is 4.39 Å². The number of halogens is 2. The third kappa shape index (κ3) is 3.84. The highest BCUT2D eigenvalue weighted by atomic mass is 35.5. The zero-order valence-corrected chi connectivity index (χ0v) is 9.80. The summed E-state index contributed by atoms with van der Waals surface area (Å²) < 4.78 is 13.5. The van der Waals surface area contributed by atoms with E-state index in [4.69, 9.17) is 23.8 Å². The highest BCUT2D eigenvalue weighted by Crippen LogP contribution is 2.19. The van der Waals surface area contributed by atoms with Gasteiger partial charge in [0.2, 0.25) is 0 Å². The van der Waals surface area contributed by atoms with Crippen molar-refractivity contribution in [3.63, 3.8) is 0 Å². The Hall–Kier alpha value is -1.04.